The first-order valence-electron chi connectivity index (χ1n) is 8.01. The zero-order chi connectivity index (χ0) is 14.1. The molecule has 0 spiro atoms. The largest absolute Gasteiger partial charge is 0.297 e. The Hall–Kier alpha value is -0.410. The van der Waals surface area contributed by atoms with Gasteiger partial charge in [0.05, 0.1) is 0 Å². The number of hydrogen-bond donors (Lipinski definition) is 1. The Morgan fingerprint density at radius 2 is 1.79 bits per heavy atom. The number of hydroxylamine groups is 1. The standard InChI is InChI=1S/C16H31NO2/c1-4-13-16(2,3)17-19-15-12-10-8-6-5-7-9-11-14(15)18/h15,17H,4-13H2,1-3H3. The van der Waals surface area contributed by atoms with E-state index in [1.54, 1.807) is 0 Å². The van der Waals surface area contributed by atoms with Gasteiger partial charge in [-0.2, -0.15) is 5.48 Å². The molecule has 19 heavy (non-hydrogen) atoms. The van der Waals surface area contributed by atoms with E-state index in [1.165, 1.54) is 25.7 Å². The molecule has 0 aliphatic heterocycles. The van der Waals surface area contributed by atoms with E-state index in [0.717, 1.165) is 32.1 Å². The van der Waals surface area contributed by atoms with Crippen LogP contribution in [0.4, 0.5) is 0 Å². The molecule has 1 fully saturated rings. The average Bonchev–Trinajstić information content (AvgIpc) is 2.35. The maximum atomic E-state index is 12.1. The summed E-state index contributed by atoms with van der Waals surface area (Å²) in [4.78, 5) is 17.9. The lowest BCUT2D eigenvalue weighted by Crippen LogP contribution is -2.43. The molecule has 1 aliphatic rings. The molecule has 0 radical (unpaired) electrons. The van der Waals surface area contributed by atoms with Gasteiger partial charge in [0.2, 0.25) is 0 Å². The summed E-state index contributed by atoms with van der Waals surface area (Å²) in [6.45, 7) is 6.42. The Morgan fingerprint density at radius 1 is 1.16 bits per heavy atom. The van der Waals surface area contributed by atoms with Crippen LogP contribution in [0, 0.1) is 0 Å². The van der Waals surface area contributed by atoms with Gasteiger partial charge in [-0.15, -0.1) is 0 Å². The van der Waals surface area contributed by atoms with Crippen LogP contribution in [0.15, 0.2) is 0 Å². The number of nitrogens with one attached hydrogen (secondary N) is 1. The number of ketones is 1. The summed E-state index contributed by atoms with van der Waals surface area (Å²) in [6.07, 6.45) is 10.6. The summed E-state index contributed by atoms with van der Waals surface area (Å²) in [6, 6.07) is 0. The van der Waals surface area contributed by atoms with Crippen LogP contribution in [0.3, 0.4) is 0 Å². The monoisotopic (exact) mass is 269 g/mol. The molecular formula is C16H31NO2. The summed E-state index contributed by atoms with van der Waals surface area (Å²) < 4.78 is 0. The second-order valence-corrected chi connectivity index (χ2v) is 6.47. The molecule has 112 valence electrons. The van der Waals surface area contributed by atoms with E-state index in [4.69, 9.17) is 4.84 Å². The normalized spacial score (nSPS) is 23.3. The first kappa shape index (κ1) is 16.6. The first-order valence-corrected chi connectivity index (χ1v) is 8.01. The minimum absolute atomic E-state index is 0.0512. The summed E-state index contributed by atoms with van der Waals surface area (Å²) in [7, 11) is 0. The van der Waals surface area contributed by atoms with E-state index in [9.17, 15) is 4.79 Å². The van der Waals surface area contributed by atoms with Gasteiger partial charge in [0.1, 0.15) is 6.10 Å². The minimum Gasteiger partial charge on any atom is -0.297 e. The van der Waals surface area contributed by atoms with Crippen molar-refractivity contribution in [2.75, 3.05) is 0 Å². The lowest BCUT2D eigenvalue weighted by Gasteiger charge is -2.28. The molecule has 3 nitrogen and oxygen atoms in total. The zero-order valence-corrected chi connectivity index (χ0v) is 13.0. The van der Waals surface area contributed by atoms with Crippen LogP contribution < -0.4 is 5.48 Å². The second-order valence-electron chi connectivity index (χ2n) is 6.47. The summed E-state index contributed by atoms with van der Waals surface area (Å²) >= 11 is 0. The van der Waals surface area contributed by atoms with Crippen molar-refractivity contribution >= 4 is 5.78 Å². The molecule has 0 aromatic rings. The number of carbonyl (C=O) groups is 1. The van der Waals surface area contributed by atoms with Crippen molar-refractivity contribution in [3.63, 3.8) is 0 Å². The molecule has 0 heterocycles. The third-order valence-corrected chi connectivity index (χ3v) is 3.85. The second kappa shape index (κ2) is 8.70. The maximum absolute atomic E-state index is 12.1. The molecule has 1 saturated carbocycles. The van der Waals surface area contributed by atoms with Crippen LogP contribution in [0.2, 0.25) is 0 Å². The number of Topliss-reactive ketones (excluding diaryl/α,β-unsaturated/α-hetero) is 1. The molecule has 0 aromatic carbocycles. The van der Waals surface area contributed by atoms with Gasteiger partial charge in [-0.1, -0.05) is 45.4 Å². The van der Waals surface area contributed by atoms with Gasteiger partial charge in [0.25, 0.3) is 0 Å². The molecule has 0 saturated heterocycles. The van der Waals surface area contributed by atoms with E-state index in [-0.39, 0.29) is 17.4 Å². The predicted octanol–water partition coefficient (Wildman–Crippen LogP) is 4.16. The van der Waals surface area contributed by atoms with E-state index in [1.807, 2.05) is 0 Å². The van der Waals surface area contributed by atoms with Crippen LogP contribution in [-0.2, 0) is 9.63 Å². The van der Waals surface area contributed by atoms with Gasteiger partial charge in [-0.25, -0.2) is 0 Å². The Kier molecular flexibility index (Phi) is 7.62. The molecule has 1 rings (SSSR count). The number of hydrogen-bond acceptors (Lipinski definition) is 3. The lowest BCUT2D eigenvalue weighted by molar-refractivity contribution is -0.141. The topological polar surface area (TPSA) is 38.3 Å². The molecule has 0 aromatic heterocycles. The van der Waals surface area contributed by atoms with Gasteiger partial charge in [-0.05, 0) is 33.1 Å². The van der Waals surface area contributed by atoms with Gasteiger partial charge < -0.3 is 0 Å². The van der Waals surface area contributed by atoms with Crippen LogP contribution in [0.5, 0.6) is 0 Å². The molecular weight excluding hydrogens is 238 g/mol. The average molecular weight is 269 g/mol. The van der Waals surface area contributed by atoms with Crippen molar-refractivity contribution in [1.82, 2.24) is 5.48 Å². The minimum atomic E-state index is -0.241. The zero-order valence-electron chi connectivity index (χ0n) is 13.0. The van der Waals surface area contributed by atoms with Gasteiger partial charge in [0.15, 0.2) is 5.78 Å². The Labute approximate surface area is 118 Å². The van der Waals surface area contributed by atoms with Crippen molar-refractivity contribution in [3.8, 4) is 0 Å². The molecule has 0 amide bonds. The predicted molar refractivity (Wildman–Crippen MR) is 78.9 cm³/mol. The van der Waals surface area contributed by atoms with Crippen molar-refractivity contribution in [2.24, 2.45) is 0 Å². The first-order chi connectivity index (χ1) is 9.05. The van der Waals surface area contributed by atoms with E-state index >= 15 is 0 Å². The van der Waals surface area contributed by atoms with Crippen molar-refractivity contribution in [1.29, 1.82) is 0 Å². The number of rotatable bonds is 5. The van der Waals surface area contributed by atoms with Crippen molar-refractivity contribution in [2.45, 2.75) is 96.6 Å². The molecule has 1 aliphatic carbocycles. The fourth-order valence-corrected chi connectivity index (χ4v) is 2.69. The summed E-state index contributed by atoms with van der Waals surface area (Å²) in [5, 5.41) is 0. The molecule has 1 N–H and O–H groups in total. The highest BCUT2D eigenvalue weighted by Gasteiger charge is 2.23. The van der Waals surface area contributed by atoms with Crippen LogP contribution in [-0.4, -0.2) is 17.4 Å². The van der Waals surface area contributed by atoms with Crippen LogP contribution >= 0.6 is 0 Å². The Bertz CT molecular complexity index is 263. The SMILES string of the molecule is CCCC(C)(C)NOC1CCCCCCCCC1=O. The number of carbonyl (C=O) groups excluding carboxylic acids is 1. The highest BCUT2D eigenvalue weighted by molar-refractivity contribution is 5.82. The van der Waals surface area contributed by atoms with Gasteiger partial charge in [-0.3, -0.25) is 9.63 Å². The molecule has 1 atom stereocenters. The smallest absolute Gasteiger partial charge is 0.163 e. The fourth-order valence-electron chi connectivity index (χ4n) is 2.69. The van der Waals surface area contributed by atoms with Crippen LogP contribution in [0.1, 0.15) is 85.0 Å². The highest BCUT2D eigenvalue weighted by atomic mass is 16.7. The van der Waals surface area contributed by atoms with Gasteiger partial charge in [0, 0.05) is 12.0 Å². The van der Waals surface area contributed by atoms with E-state index in [2.05, 4.69) is 26.3 Å². The molecule has 0 bridgehead atoms. The summed E-state index contributed by atoms with van der Waals surface area (Å²) in [5.74, 6) is 0.279. The Balaban J connectivity index is 2.44. The van der Waals surface area contributed by atoms with Crippen molar-refractivity contribution < 1.29 is 9.63 Å². The summed E-state index contributed by atoms with van der Waals surface area (Å²) in [5.41, 5.74) is 3.07. The molecule has 3 heteroatoms. The fraction of sp³-hybridized carbons (Fsp3) is 0.938. The third kappa shape index (κ3) is 7.07. The third-order valence-electron chi connectivity index (χ3n) is 3.85. The van der Waals surface area contributed by atoms with E-state index in [0.29, 0.717) is 6.42 Å². The lowest BCUT2D eigenvalue weighted by atomic mass is 9.98. The quantitative estimate of drug-likeness (QED) is 0.762. The Morgan fingerprint density at radius 3 is 2.47 bits per heavy atom. The maximum Gasteiger partial charge on any atom is 0.163 e. The molecule has 1 unspecified atom stereocenters. The van der Waals surface area contributed by atoms with E-state index < -0.39 is 0 Å². The van der Waals surface area contributed by atoms with Gasteiger partial charge >= 0.3 is 0 Å². The highest BCUT2D eigenvalue weighted by Crippen LogP contribution is 2.18. The van der Waals surface area contributed by atoms with Crippen LogP contribution in [0.25, 0.3) is 0 Å². The van der Waals surface area contributed by atoms with Crippen molar-refractivity contribution in [3.05, 3.63) is 0 Å².